The van der Waals surface area contributed by atoms with Crippen LogP contribution in [0.2, 0.25) is 0 Å². The zero-order valence-corrected chi connectivity index (χ0v) is 13.4. The number of nitrogen functional groups attached to an aromatic ring is 1. The van der Waals surface area contributed by atoms with Crippen molar-refractivity contribution in [3.63, 3.8) is 0 Å². The summed E-state index contributed by atoms with van der Waals surface area (Å²) >= 11 is 0. The van der Waals surface area contributed by atoms with Gasteiger partial charge in [0.05, 0.1) is 12.2 Å². The molecule has 0 spiro atoms. The van der Waals surface area contributed by atoms with Crippen molar-refractivity contribution in [2.75, 3.05) is 12.3 Å². The number of ether oxygens (including phenoxy) is 1. The molecular formula is C14H18N6O6. The smallest absolute Gasteiger partial charge is 0.354 e. The highest BCUT2D eigenvalue weighted by molar-refractivity contribution is 5.92. The van der Waals surface area contributed by atoms with Gasteiger partial charge in [0.15, 0.2) is 6.23 Å². The summed E-state index contributed by atoms with van der Waals surface area (Å²) in [5.41, 5.74) is 9.83. The van der Waals surface area contributed by atoms with Crippen LogP contribution in [-0.4, -0.2) is 65.7 Å². The molecule has 0 radical (unpaired) electrons. The summed E-state index contributed by atoms with van der Waals surface area (Å²) in [6.07, 6.45) is -0.652. The zero-order chi connectivity index (χ0) is 19.3. The molecule has 3 rings (SSSR count). The molecule has 0 saturated carbocycles. The van der Waals surface area contributed by atoms with Gasteiger partial charge in [-0.1, -0.05) is 0 Å². The van der Waals surface area contributed by atoms with E-state index in [-0.39, 0.29) is 5.95 Å². The van der Waals surface area contributed by atoms with E-state index in [9.17, 15) is 19.8 Å². The summed E-state index contributed by atoms with van der Waals surface area (Å²) in [5, 5.41) is 28.1. The molecule has 26 heavy (non-hydrogen) atoms. The first-order valence-corrected chi connectivity index (χ1v) is 7.38. The molecule has 0 unspecified atom stereocenters. The highest BCUT2D eigenvalue weighted by atomic mass is 16.6. The minimum atomic E-state index is -1.35. The predicted molar refractivity (Wildman–Crippen MR) is 86.5 cm³/mol. The number of nitrogens with two attached hydrogens (primary N) is 2. The van der Waals surface area contributed by atoms with Crippen LogP contribution < -0.4 is 17.2 Å². The highest BCUT2D eigenvalue weighted by Crippen LogP contribution is 2.27. The number of hydrogen-bond donors (Lipinski definition) is 5. The molecule has 2 aromatic rings. The van der Waals surface area contributed by atoms with Gasteiger partial charge in [0.2, 0.25) is 11.9 Å². The number of aromatic nitrogens is 4. The fourth-order valence-electron chi connectivity index (χ4n) is 2.15. The van der Waals surface area contributed by atoms with Crippen LogP contribution in [0.15, 0.2) is 35.6 Å². The molecule has 1 aliphatic heterocycles. The van der Waals surface area contributed by atoms with E-state index in [4.69, 9.17) is 21.3 Å². The van der Waals surface area contributed by atoms with Crippen molar-refractivity contribution in [3.8, 4) is 0 Å². The van der Waals surface area contributed by atoms with Crippen LogP contribution in [0.4, 0.5) is 5.95 Å². The molecule has 7 N–H and O–H groups in total. The van der Waals surface area contributed by atoms with Crippen molar-refractivity contribution in [2.24, 2.45) is 5.73 Å². The van der Waals surface area contributed by atoms with Crippen LogP contribution in [0, 0.1) is 0 Å². The molecule has 4 atom stereocenters. The number of aliphatic hydroxyl groups is 3. The largest absolute Gasteiger partial charge is 0.394 e. The summed E-state index contributed by atoms with van der Waals surface area (Å²) in [4.78, 5) is 32.5. The van der Waals surface area contributed by atoms with Gasteiger partial charge in [-0.2, -0.15) is 4.98 Å². The predicted octanol–water partition coefficient (Wildman–Crippen LogP) is -2.99. The normalized spacial score (nSPS) is 24.6. The molecule has 2 aromatic heterocycles. The lowest BCUT2D eigenvalue weighted by atomic mass is 10.1. The molecule has 0 bridgehead atoms. The van der Waals surface area contributed by atoms with Crippen molar-refractivity contribution in [1.82, 2.24) is 19.5 Å². The second-order valence-corrected chi connectivity index (χ2v) is 5.24. The molecule has 12 heteroatoms. The lowest BCUT2D eigenvalue weighted by molar-refractivity contribution is -0.0554. The molecule has 1 fully saturated rings. The number of nitrogens with zero attached hydrogens (tertiary/aromatic N) is 4. The van der Waals surface area contributed by atoms with Crippen LogP contribution in [0.3, 0.4) is 0 Å². The van der Waals surface area contributed by atoms with Crippen molar-refractivity contribution in [1.29, 1.82) is 0 Å². The Morgan fingerprint density at radius 2 is 2.08 bits per heavy atom. The third-order valence-corrected chi connectivity index (χ3v) is 3.48. The maximum atomic E-state index is 11.5. The number of anilines is 1. The van der Waals surface area contributed by atoms with E-state index in [1.54, 1.807) is 18.3 Å². The molecule has 1 amide bonds. The SMILES string of the molecule is NC(=O)c1cccnc1.Nc1ncn([C@@H]2O[C@H](CO)[C@@H](O)[C@H]2O)c(=O)n1. The fourth-order valence-corrected chi connectivity index (χ4v) is 2.15. The molecule has 3 heterocycles. The molecular weight excluding hydrogens is 348 g/mol. The van der Waals surface area contributed by atoms with E-state index in [0.29, 0.717) is 5.56 Å². The minimum absolute atomic E-state index is 0.196. The quantitative estimate of drug-likeness (QED) is 0.373. The lowest BCUT2D eigenvalue weighted by Gasteiger charge is -2.16. The minimum Gasteiger partial charge on any atom is -0.394 e. The first kappa shape index (κ1) is 19.4. The van der Waals surface area contributed by atoms with Crippen LogP contribution in [0.25, 0.3) is 0 Å². The first-order valence-electron chi connectivity index (χ1n) is 7.38. The second kappa shape index (κ2) is 8.44. The Morgan fingerprint density at radius 3 is 2.54 bits per heavy atom. The van der Waals surface area contributed by atoms with Gasteiger partial charge in [0.25, 0.3) is 0 Å². The van der Waals surface area contributed by atoms with E-state index < -0.39 is 42.7 Å². The average Bonchev–Trinajstić information content (AvgIpc) is 2.91. The van der Waals surface area contributed by atoms with Gasteiger partial charge in [-0.25, -0.2) is 9.78 Å². The van der Waals surface area contributed by atoms with Crippen molar-refractivity contribution in [2.45, 2.75) is 24.5 Å². The molecule has 0 aliphatic carbocycles. The van der Waals surface area contributed by atoms with Gasteiger partial charge in [-0.15, -0.1) is 0 Å². The molecule has 1 aliphatic rings. The Balaban J connectivity index is 0.000000228. The van der Waals surface area contributed by atoms with E-state index >= 15 is 0 Å². The molecule has 0 aromatic carbocycles. The number of amides is 1. The number of hydrogen-bond acceptors (Lipinski definition) is 10. The number of pyridine rings is 1. The Morgan fingerprint density at radius 1 is 1.35 bits per heavy atom. The number of carbonyl (C=O) groups is 1. The van der Waals surface area contributed by atoms with Gasteiger partial charge in [0.1, 0.15) is 24.6 Å². The monoisotopic (exact) mass is 366 g/mol. The molecule has 1 saturated heterocycles. The first-order chi connectivity index (χ1) is 12.3. The number of carbonyl (C=O) groups excluding carboxylic acids is 1. The van der Waals surface area contributed by atoms with E-state index in [1.165, 1.54) is 6.20 Å². The Kier molecular flexibility index (Phi) is 6.30. The van der Waals surface area contributed by atoms with E-state index in [0.717, 1.165) is 10.9 Å². The Hall–Kier alpha value is -2.93. The average molecular weight is 366 g/mol. The number of aliphatic hydroxyl groups excluding tert-OH is 3. The summed E-state index contributed by atoms with van der Waals surface area (Å²) < 4.78 is 6.04. The Labute approximate surface area is 146 Å². The van der Waals surface area contributed by atoms with Crippen molar-refractivity contribution < 1.29 is 24.9 Å². The summed E-state index contributed by atoms with van der Waals surface area (Å²) in [6, 6.07) is 3.29. The topological polar surface area (TPSA) is 200 Å². The van der Waals surface area contributed by atoms with Gasteiger partial charge < -0.3 is 31.5 Å². The van der Waals surface area contributed by atoms with E-state index in [2.05, 4.69) is 15.0 Å². The number of rotatable bonds is 3. The summed E-state index contributed by atoms with van der Waals surface area (Å²) in [5.74, 6) is -0.638. The van der Waals surface area contributed by atoms with Crippen LogP contribution in [0.1, 0.15) is 16.6 Å². The van der Waals surface area contributed by atoms with Gasteiger partial charge in [0, 0.05) is 12.4 Å². The zero-order valence-electron chi connectivity index (χ0n) is 13.4. The number of primary amides is 1. The fraction of sp³-hybridized carbons (Fsp3) is 0.357. The molecule has 12 nitrogen and oxygen atoms in total. The summed E-state index contributed by atoms with van der Waals surface area (Å²) in [6.45, 7) is -0.473. The van der Waals surface area contributed by atoms with Crippen LogP contribution >= 0.6 is 0 Å². The molecule has 140 valence electrons. The lowest BCUT2D eigenvalue weighted by Crippen LogP contribution is -2.36. The highest BCUT2D eigenvalue weighted by Gasteiger charge is 2.43. The third kappa shape index (κ3) is 4.37. The standard InChI is InChI=1S/C8H12N4O5.C6H6N2O/c9-7-10-2-12(8(16)11-7)6-5(15)4(14)3(1-13)17-6;7-6(9)5-2-1-3-8-4-5/h2-6,13-15H,1H2,(H2,9,11,16);1-4H,(H2,7,9)/t3-,4-,5-,6-;/m1./s1. The second-order valence-electron chi connectivity index (χ2n) is 5.24. The maximum Gasteiger partial charge on any atom is 0.354 e. The Bertz CT molecular complexity index is 800. The van der Waals surface area contributed by atoms with Crippen molar-refractivity contribution >= 4 is 11.9 Å². The van der Waals surface area contributed by atoms with E-state index in [1.807, 2.05) is 0 Å². The third-order valence-electron chi connectivity index (χ3n) is 3.48. The van der Waals surface area contributed by atoms with Crippen molar-refractivity contribution in [3.05, 3.63) is 46.9 Å². The van der Waals surface area contributed by atoms with Crippen LogP contribution in [0.5, 0.6) is 0 Å². The summed E-state index contributed by atoms with van der Waals surface area (Å²) in [7, 11) is 0. The van der Waals surface area contributed by atoms with Gasteiger partial charge in [-0.05, 0) is 12.1 Å². The van der Waals surface area contributed by atoms with Gasteiger partial charge in [-0.3, -0.25) is 14.3 Å². The van der Waals surface area contributed by atoms with Gasteiger partial charge >= 0.3 is 5.69 Å². The van der Waals surface area contributed by atoms with Crippen LogP contribution in [-0.2, 0) is 4.74 Å². The maximum absolute atomic E-state index is 11.5.